The van der Waals surface area contributed by atoms with Crippen molar-refractivity contribution in [2.45, 2.75) is 14.9 Å². The van der Waals surface area contributed by atoms with Crippen LogP contribution in [0.2, 0.25) is 10.0 Å². The van der Waals surface area contributed by atoms with Gasteiger partial charge in [-0.1, -0.05) is 65.3 Å². The number of thioether (sulfide) groups is 1. The van der Waals surface area contributed by atoms with Gasteiger partial charge >= 0.3 is 0 Å². The maximum absolute atomic E-state index is 9.57. The number of nitrogens with zero attached hydrogens (tertiary/aromatic N) is 3. The lowest BCUT2D eigenvalue weighted by Crippen LogP contribution is -1.98. The van der Waals surface area contributed by atoms with Crippen LogP contribution in [0.25, 0.3) is 11.4 Å². The van der Waals surface area contributed by atoms with Crippen LogP contribution in [0.3, 0.4) is 0 Å². The molecule has 124 valence electrons. The third-order valence-electron chi connectivity index (χ3n) is 3.28. The lowest BCUT2D eigenvalue weighted by atomic mass is 10.2. The molecule has 25 heavy (non-hydrogen) atoms. The van der Waals surface area contributed by atoms with Gasteiger partial charge in [-0.25, -0.2) is 9.97 Å². The maximum Gasteiger partial charge on any atom is 0.161 e. The topological polar surface area (TPSA) is 49.6 Å². The van der Waals surface area contributed by atoms with E-state index in [1.54, 1.807) is 12.1 Å². The Kier molecular flexibility index (Phi) is 5.87. The molecule has 0 aliphatic heterocycles. The van der Waals surface area contributed by atoms with Crippen LogP contribution in [0.5, 0.6) is 0 Å². The molecule has 0 saturated heterocycles. The Morgan fingerprint density at radius 1 is 1.00 bits per heavy atom. The van der Waals surface area contributed by atoms with Gasteiger partial charge in [-0.05, 0) is 24.5 Å². The van der Waals surface area contributed by atoms with E-state index in [2.05, 4.69) is 16.0 Å². The summed E-state index contributed by atoms with van der Waals surface area (Å²) < 4.78 is 0. The highest BCUT2D eigenvalue weighted by atomic mass is 35.5. The van der Waals surface area contributed by atoms with Gasteiger partial charge in [0.15, 0.2) is 5.82 Å². The smallest absolute Gasteiger partial charge is 0.161 e. The van der Waals surface area contributed by atoms with Crippen molar-refractivity contribution in [1.29, 1.82) is 5.26 Å². The van der Waals surface area contributed by atoms with Crippen LogP contribution < -0.4 is 0 Å². The van der Waals surface area contributed by atoms with Crippen molar-refractivity contribution < 1.29 is 0 Å². The van der Waals surface area contributed by atoms with Crippen LogP contribution in [0.15, 0.2) is 63.5 Å². The number of halogens is 2. The molecular weight excluding hydrogens is 393 g/mol. The molecule has 0 aliphatic carbocycles. The zero-order valence-electron chi connectivity index (χ0n) is 13.0. The molecule has 0 N–H and O–H groups in total. The van der Waals surface area contributed by atoms with E-state index in [0.29, 0.717) is 31.5 Å². The first-order valence-electron chi connectivity index (χ1n) is 7.17. The largest absolute Gasteiger partial charge is 0.220 e. The van der Waals surface area contributed by atoms with Crippen molar-refractivity contribution in [3.63, 3.8) is 0 Å². The molecule has 0 fully saturated rings. The molecule has 0 aliphatic rings. The Balaban J connectivity index is 2.12. The minimum absolute atomic E-state index is 0.447. The summed E-state index contributed by atoms with van der Waals surface area (Å²) in [6, 6.07) is 17.1. The van der Waals surface area contributed by atoms with Crippen LogP contribution in [0.1, 0.15) is 5.56 Å². The second kappa shape index (κ2) is 8.11. The van der Waals surface area contributed by atoms with Crippen molar-refractivity contribution in [2.24, 2.45) is 0 Å². The van der Waals surface area contributed by atoms with E-state index in [-0.39, 0.29) is 0 Å². The quantitative estimate of drug-likeness (QED) is 0.383. The minimum Gasteiger partial charge on any atom is -0.220 e. The summed E-state index contributed by atoms with van der Waals surface area (Å²) in [5, 5.41) is 11.9. The third kappa shape index (κ3) is 4.10. The third-order valence-corrected chi connectivity index (χ3v) is 5.69. The average Bonchev–Trinajstić information content (AvgIpc) is 2.64. The molecule has 3 nitrogen and oxygen atoms in total. The van der Waals surface area contributed by atoms with Gasteiger partial charge in [-0.2, -0.15) is 5.26 Å². The van der Waals surface area contributed by atoms with E-state index < -0.39 is 0 Å². The SMILES string of the molecule is CSc1nc(-c2ccccc2)nc(Sc2ccc(Cl)cc2Cl)c1C#N. The number of hydrogen-bond acceptors (Lipinski definition) is 5. The van der Waals surface area contributed by atoms with Crippen LogP contribution in [0.4, 0.5) is 0 Å². The lowest BCUT2D eigenvalue weighted by molar-refractivity contribution is 0.956. The summed E-state index contributed by atoms with van der Waals surface area (Å²) in [6.45, 7) is 0. The van der Waals surface area contributed by atoms with E-state index in [1.807, 2.05) is 42.7 Å². The molecule has 0 saturated carbocycles. The van der Waals surface area contributed by atoms with Gasteiger partial charge in [-0.3, -0.25) is 0 Å². The summed E-state index contributed by atoms with van der Waals surface area (Å²) in [5.74, 6) is 0.580. The Morgan fingerprint density at radius 3 is 2.36 bits per heavy atom. The molecule has 0 bridgehead atoms. The predicted octanol–water partition coefficient (Wildman–Crippen LogP) is 6.20. The molecule has 2 aromatic carbocycles. The molecule has 0 amide bonds. The maximum atomic E-state index is 9.57. The molecule has 7 heteroatoms. The molecular formula is C18H11Cl2N3S2. The van der Waals surface area contributed by atoms with Crippen molar-refractivity contribution in [2.75, 3.05) is 6.26 Å². The monoisotopic (exact) mass is 403 g/mol. The fourth-order valence-electron chi connectivity index (χ4n) is 2.12. The van der Waals surface area contributed by atoms with Gasteiger partial charge < -0.3 is 0 Å². The number of hydrogen-bond donors (Lipinski definition) is 0. The highest BCUT2D eigenvalue weighted by Crippen LogP contribution is 2.38. The van der Waals surface area contributed by atoms with E-state index in [0.717, 1.165) is 10.5 Å². The van der Waals surface area contributed by atoms with Gasteiger partial charge in [0.05, 0.1) is 5.02 Å². The number of benzene rings is 2. The fourth-order valence-corrected chi connectivity index (χ4v) is 4.11. The molecule has 0 unspecified atom stereocenters. The number of nitriles is 1. The summed E-state index contributed by atoms with van der Waals surface area (Å²) >= 11 is 15.0. The molecule has 0 radical (unpaired) electrons. The highest BCUT2D eigenvalue weighted by Gasteiger charge is 2.17. The van der Waals surface area contributed by atoms with E-state index in [9.17, 15) is 5.26 Å². The normalized spacial score (nSPS) is 10.5. The molecule has 0 spiro atoms. The van der Waals surface area contributed by atoms with Crippen molar-refractivity contribution in [3.05, 3.63) is 64.1 Å². The van der Waals surface area contributed by atoms with Gasteiger partial charge in [0.1, 0.15) is 21.7 Å². The molecule has 1 heterocycles. The average molecular weight is 404 g/mol. The standard InChI is InChI=1S/C18H11Cl2N3S2/c1-24-17-13(10-21)18(25-15-8-7-12(19)9-14(15)20)23-16(22-17)11-5-3-2-4-6-11/h2-9H,1H3. The van der Waals surface area contributed by atoms with Crippen molar-refractivity contribution in [1.82, 2.24) is 9.97 Å². The van der Waals surface area contributed by atoms with E-state index in [1.165, 1.54) is 23.5 Å². The first-order valence-corrected chi connectivity index (χ1v) is 9.96. The van der Waals surface area contributed by atoms with Gasteiger partial charge in [0.2, 0.25) is 0 Å². The van der Waals surface area contributed by atoms with Gasteiger partial charge in [0, 0.05) is 15.5 Å². The van der Waals surface area contributed by atoms with Crippen LogP contribution in [-0.2, 0) is 0 Å². The lowest BCUT2D eigenvalue weighted by Gasteiger charge is -2.10. The van der Waals surface area contributed by atoms with Crippen molar-refractivity contribution in [3.8, 4) is 17.5 Å². The van der Waals surface area contributed by atoms with Crippen molar-refractivity contribution >= 4 is 46.7 Å². The predicted molar refractivity (Wildman–Crippen MR) is 105 cm³/mol. The van der Waals surface area contributed by atoms with E-state index >= 15 is 0 Å². The summed E-state index contributed by atoms with van der Waals surface area (Å²) in [5.41, 5.74) is 1.34. The zero-order valence-corrected chi connectivity index (χ0v) is 16.2. The second-order valence-electron chi connectivity index (χ2n) is 4.89. The zero-order chi connectivity index (χ0) is 17.8. The second-order valence-corrected chi connectivity index (χ2v) is 7.56. The van der Waals surface area contributed by atoms with E-state index in [4.69, 9.17) is 23.2 Å². The Bertz CT molecular complexity index is 957. The Morgan fingerprint density at radius 2 is 1.72 bits per heavy atom. The first kappa shape index (κ1) is 18.1. The molecule has 1 aromatic heterocycles. The summed E-state index contributed by atoms with van der Waals surface area (Å²) in [4.78, 5) is 9.92. The van der Waals surface area contributed by atoms with Crippen LogP contribution in [-0.4, -0.2) is 16.2 Å². The van der Waals surface area contributed by atoms with Crippen LogP contribution in [0, 0.1) is 11.3 Å². The minimum atomic E-state index is 0.447. The van der Waals surface area contributed by atoms with Crippen LogP contribution >= 0.6 is 46.7 Å². The molecule has 0 atom stereocenters. The number of aromatic nitrogens is 2. The molecule has 3 aromatic rings. The Labute approximate surface area is 164 Å². The highest BCUT2D eigenvalue weighted by molar-refractivity contribution is 8.00. The molecule has 3 rings (SSSR count). The summed E-state index contributed by atoms with van der Waals surface area (Å²) in [7, 11) is 0. The van der Waals surface area contributed by atoms with Gasteiger partial charge in [-0.15, -0.1) is 11.8 Å². The first-order chi connectivity index (χ1) is 12.1. The van der Waals surface area contributed by atoms with Gasteiger partial charge in [0.25, 0.3) is 0 Å². The summed E-state index contributed by atoms with van der Waals surface area (Å²) in [6.07, 6.45) is 1.89. The fraction of sp³-hybridized carbons (Fsp3) is 0.0556. The Hall–Kier alpha value is -1.71. The number of rotatable bonds is 4.